The molecule has 33 heavy (non-hydrogen) atoms. The van der Waals surface area contributed by atoms with Crippen LogP contribution in [0.5, 0.6) is 11.5 Å². The smallest absolute Gasteiger partial charge is 0.408 e. The highest BCUT2D eigenvalue weighted by atomic mass is 16.5. The van der Waals surface area contributed by atoms with E-state index in [1.54, 1.807) is 50.3 Å². The third-order valence-corrected chi connectivity index (χ3v) is 4.75. The molecule has 0 fully saturated rings. The Balaban J connectivity index is 2.14. The third kappa shape index (κ3) is 7.68. The second-order valence-corrected chi connectivity index (χ2v) is 7.92. The molecule has 2 rings (SSSR count). The van der Waals surface area contributed by atoms with Gasteiger partial charge in [-0.2, -0.15) is 0 Å². The van der Waals surface area contributed by atoms with Crippen LogP contribution < -0.4 is 15.7 Å². The van der Waals surface area contributed by atoms with Gasteiger partial charge in [0.2, 0.25) is 0 Å². The summed E-state index contributed by atoms with van der Waals surface area (Å²) in [5, 5.41) is 21.0. The van der Waals surface area contributed by atoms with Crippen molar-refractivity contribution in [1.82, 2.24) is 5.32 Å². The van der Waals surface area contributed by atoms with E-state index in [0.717, 1.165) is 5.56 Å². The first-order chi connectivity index (χ1) is 15.6. The Morgan fingerprint density at radius 1 is 1.18 bits per heavy atom. The van der Waals surface area contributed by atoms with E-state index in [1.165, 1.54) is 12.3 Å². The van der Waals surface area contributed by atoms with Crippen LogP contribution in [0.2, 0.25) is 0 Å². The van der Waals surface area contributed by atoms with Crippen molar-refractivity contribution < 1.29 is 29.0 Å². The quantitative estimate of drug-likeness (QED) is 0.337. The molecule has 1 atom stereocenters. The number of Topliss-reactive ketones (excluding diaryl/α,β-unsaturated/α-hetero) is 1. The molecule has 176 valence electrons. The number of benzene rings is 1. The fraction of sp³-hybridized carbons (Fsp3) is 0.320. The van der Waals surface area contributed by atoms with Crippen LogP contribution in [-0.2, 0) is 0 Å². The molecule has 2 aromatic rings. The van der Waals surface area contributed by atoms with Crippen molar-refractivity contribution >= 4 is 18.0 Å². The number of carbonyl (C=O) groups is 2. The van der Waals surface area contributed by atoms with Crippen molar-refractivity contribution in [2.75, 3.05) is 0 Å². The number of amides is 1. The third-order valence-electron chi connectivity index (χ3n) is 4.75. The molecule has 0 aliphatic carbocycles. The van der Waals surface area contributed by atoms with E-state index in [1.807, 2.05) is 13.8 Å². The van der Waals surface area contributed by atoms with Crippen molar-refractivity contribution in [3.8, 4) is 11.5 Å². The van der Waals surface area contributed by atoms with E-state index >= 15 is 0 Å². The molecule has 0 spiro atoms. The number of carbonyl (C=O) groups excluding carboxylic acids is 1. The minimum atomic E-state index is -1.16. The summed E-state index contributed by atoms with van der Waals surface area (Å²) in [6.45, 7) is 7.22. The SMILES string of the molecule is CC(=Cc1ccc(OC(C)C)cc1)C(=O)c1c(O)cc(C(C)CCC=CNC(=O)O)oc1=O. The molecule has 3 N–H and O–H groups in total. The number of ketones is 1. The maximum atomic E-state index is 12.8. The first-order valence-corrected chi connectivity index (χ1v) is 10.6. The van der Waals surface area contributed by atoms with E-state index in [4.69, 9.17) is 14.3 Å². The molecule has 1 aromatic heterocycles. The number of nitrogens with one attached hydrogen (secondary N) is 1. The zero-order chi connectivity index (χ0) is 24.5. The van der Waals surface area contributed by atoms with Gasteiger partial charge < -0.3 is 19.4 Å². The van der Waals surface area contributed by atoms with Crippen LogP contribution in [0.3, 0.4) is 0 Å². The van der Waals surface area contributed by atoms with Gasteiger partial charge in [0.1, 0.15) is 22.8 Å². The maximum Gasteiger partial charge on any atom is 0.408 e. The predicted octanol–water partition coefficient (Wildman–Crippen LogP) is 5.08. The largest absolute Gasteiger partial charge is 0.507 e. The molecule has 0 aliphatic heterocycles. The van der Waals surface area contributed by atoms with E-state index in [2.05, 4.69) is 5.32 Å². The first-order valence-electron chi connectivity index (χ1n) is 10.6. The Bertz CT molecular complexity index is 1090. The van der Waals surface area contributed by atoms with E-state index in [0.29, 0.717) is 18.6 Å². The summed E-state index contributed by atoms with van der Waals surface area (Å²) in [4.78, 5) is 35.7. The molecular weight excluding hydrogens is 426 g/mol. The summed E-state index contributed by atoms with van der Waals surface area (Å²) < 4.78 is 10.9. The molecule has 0 bridgehead atoms. The number of rotatable bonds is 10. The molecule has 8 nitrogen and oxygen atoms in total. The average molecular weight is 456 g/mol. The van der Waals surface area contributed by atoms with E-state index in [9.17, 15) is 19.5 Å². The maximum absolute atomic E-state index is 12.8. The fourth-order valence-electron chi connectivity index (χ4n) is 3.08. The number of carboxylic acid groups (broad SMARTS) is 1. The standard InChI is InChI=1S/C25H29NO7/c1-15(2)32-19-10-8-18(9-11-19)13-17(4)23(28)22-20(27)14-21(33-24(22)29)16(3)7-5-6-12-26-25(30)31/h6,8-16,26-27H,5,7H2,1-4H3,(H,30,31). The molecule has 1 aromatic carbocycles. The lowest BCUT2D eigenvalue weighted by molar-refractivity contribution is 0.102. The lowest BCUT2D eigenvalue weighted by atomic mass is 9.99. The van der Waals surface area contributed by atoms with Gasteiger partial charge in [0.25, 0.3) is 0 Å². The minimum absolute atomic E-state index is 0.0491. The van der Waals surface area contributed by atoms with Crippen molar-refractivity contribution in [2.24, 2.45) is 0 Å². The fourth-order valence-corrected chi connectivity index (χ4v) is 3.08. The summed E-state index contributed by atoms with van der Waals surface area (Å²) in [5.41, 5.74) is -0.299. The van der Waals surface area contributed by atoms with Crippen LogP contribution in [0.25, 0.3) is 6.08 Å². The summed E-state index contributed by atoms with van der Waals surface area (Å²) in [7, 11) is 0. The predicted molar refractivity (Wildman–Crippen MR) is 125 cm³/mol. The Labute approximate surface area is 192 Å². The van der Waals surface area contributed by atoms with Crippen LogP contribution in [-0.4, -0.2) is 28.2 Å². The Hall–Kier alpha value is -3.81. The molecule has 0 saturated carbocycles. The Kier molecular flexibility index (Phi) is 9.03. The first kappa shape index (κ1) is 25.5. The average Bonchev–Trinajstić information content (AvgIpc) is 2.73. The number of allylic oxidation sites excluding steroid dienone is 2. The molecule has 8 heteroatoms. The minimum Gasteiger partial charge on any atom is -0.507 e. The summed E-state index contributed by atoms with van der Waals surface area (Å²) in [5.74, 6) is -0.329. The van der Waals surface area contributed by atoms with Gasteiger partial charge >= 0.3 is 11.7 Å². The number of hydrogen-bond donors (Lipinski definition) is 3. The van der Waals surface area contributed by atoms with Gasteiger partial charge in [0.15, 0.2) is 5.78 Å². The van der Waals surface area contributed by atoms with E-state index < -0.39 is 28.8 Å². The van der Waals surface area contributed by atoms with E-state index in [-0.39, 0.29) is 23.4 Å². The van der Waals surface area contributed by atoms with Crippen LogP contribution in [0, 0.1) is 0 Å². The van der Waals surface area contributed by atoms with Gasteiger partial charge in [0, 0.05) is 18.2 Å². The number of hydrogen-bond acceptors (Lipinski definition) is 6. The van der Waals surface area contributed by atoms with Gasteiger partial charge in [-0.05, 0) is 63.0 Å². The molecule has 0 radical (unpaired) electrons. The summed E-state index contributed by atoms with van der Waals surface area (Å²) >= 11 is 0. The van der Waals surface area contributed by atoms with Crippen molar-refractivity contribution in [3.05, 3.63) is 75.5 Å². The second kappa shape index (κ2) is 11.7. The van der Waals surface area contributed by atoms with Crippen molar-refractivity contribution in [1.29, 1.82) is 0 Å². The molecule has 1 heterocycles. The molecule has 0 saturated heterocycles. The summed E-state index contributed by atoms with van der Waals surface area (Å²) in [6.07, 6.45) is 4.53. The van der Waals surface area contributed by atoms with Crippen LogP contribution in [0.4, 0.5) is 4.79 Å². The van der Waals surface area contributed by atoms with Crippen LogP contribution >= 0.6 is 0 Å². The molecule has 1 unspecified atom stereocenters. The number of aromatic hydroxyl groups is 1. The van der Waals surface area contributed by atoms with Crippen LogP contribution in [0.15, 0.2) is 57.4 Å². The number of ether oxygens (including phenoxy) is 1. The normalized spacial score (nSPS) is 12.7. The van der Waals surface area contributed by atoms with Crippen molar-refractivity contribution in [2.45, 2.75) is 52.6 Å². The zero-order valence-electron chi connectivity index (χ0n) is 19.1. The lowest BCUT2D eigenvalue weighted by Gasteiger charge is -2.11. The molecule has 0 aliphatic rings. The Morgan fingerprint density at radius 2 is 1.85 bits per heavy atom. The highest BCUT2D eigenvalue weighted by Crippen LogP contribution is 2.26. The topological polar surface area (TPSA) is 126 Å². The Morgan fingerprint density at radius 3 is 2.42 bits per heavy atom. The highest BCUT2D eigenvalue weighted by Gasteiger charge is 2.22. The zero-order valence-corrected chi connectivity index (χ0v) is 19.1. The highest BCUT2D eigenvalue weighted by molar-refractivity contribution is 6.12. The molecule has 1 amide bonds. The van der Waals surface area contributed by atoms with Gasteiger partial charge in [-0.3, -0.25) is 10.1 Å². The monoisotopic (exact) mass is 455 g/mol. The van der Waals surface area contributed by atoms with Gasteiger partial charge in [0.05, 0.1) is 6.10 Å². The van der Waals surface area contributed by atoms with Crippen LogP contribution in [0.1, 0.15) is 68.1 Å². The second-order valence-electron chi connectivity index (χ2n) is 7.92. The van der Waals surface area contributed by atoms with Gasteiger partial charge in [-0.1, -0.05) is 25.1 Å². The lowest BCUT2D eigenvalue weighted by Crippen LogP contribution is -2.16. The van der Waals surface area contributed by atoms with Gasteiger partial charge in [-0.15, -0.1) is 0 Å². The summed E-state index contributed by atoms with van der Waals surface area (Å²) in [6, 6.07) is 8.45. The van der Waals surface area contributed by atoms with Crippen molar-refractivity contribution in [3.63, 3.8) is 0 Å². The van der Waals surface area contributed by atoms with Gasteiger partial charge in [-0.25, -0.2) is 9.59 Å². The molecular formula is C25H29NO7.